The van der Waals surface area contributed by atoms with E-state index in [0.717, 1.165) is 0 Å². The zero-order valence-corrected chi connectivity index (χ0v) is 25.2. The molecule has 0 saturated heterocycles. The van der Waals surface area contributed by atoms with Crippen LogP contribution in [0.15, 0.2) is 48.9 Å². The number of hydrogen-bond donors (Lipinski definition) is 6. The molecule has 2 aromatic carbocycles. The molecule has 0 radical (unpaired) electrons. The Balaban J connectivity index is 1.51. The van der Waals surface area contributed by atoms with Crippen molar-refractivity contribution in [3.63, 3.8) is 0 Å². The van der Waals surface area contributed by atoms with E-state index in [1.165, 1.54) is 47.2 Å². The lowest BCUT2D eigenvalue weighted by atomic mass is 9.97. The molecule has 5 rings (SSSR count). The second-order valence-electron chi connectivity index (χ2n) is 10.5. The van der Waals surface area contributed by atoms with Gasteiger partial charge in [-0.3, -0.25) is 14.0 Å². The standard InChI is InChI=1S/C28H29F3N7O7P/c1-37-12-19-18(16-8-33-38(10-16)11-17(40)13-39)4-6-22(24(19)26(37)41)34-25-20(28(29,30)31)9-32-27(36-25)35-21-5-3-15(7-23(21)45-2)14-46(42,43)44/h3-10,17,39-40H,11-14H2,1-2H3,(H2,42,43,44)(H2,32,34,35,36)/t17-/m0/s1. The number of carbonyl (C=O) groups is 1. The van der Waals surface area contributed by atoms with Crippen LogP contribution in [0.1, 0.15) is 27.0 Å². The zero-order chi connectivity index (χ0) is 33.4. The monoisotopic (exact) mass is 663 g/mol. The summed E-state index contributed by atoms with van der Waals surface area (Å²) in [4.78, 5) is 41.1. The second kappa shape index (κ2) is 12.7. The number of amides is 1. The Morgan fingerprint density at radius 3 is 2.54 bits per heavy atom. The van der Waals surface area contributed by atoms with Crippen LogP contribution in [0.4, 0.5) is 36.3 Å². The number of alkyl halides is 3. The quantitative estimate of drug-likeness (QED) is 0.128. The highest BCUT2D eigenvalue weighted by Gasteiger charge is 2.37. The maximum Gasteiger partial charge on any atom is 0.421 e. The third-order valence-electron chi connectivity index (χ3n) is 7.07. The Kier molecular flexibility index (Phi) is 9.06. The summed E-state index contributed by atoms with van der Waals surface area (Å²) in [5.74, 6) is -1.18. The van der Waals surface area contributed by atoms with Crippen molar-refractivity contribution in [3.8, 4) is 16.9 Å². The van der Waals surface area contributed by atoms with E-state index in [1.807, 2.05) is 0 Å². The summed E-state index contributed by atoms with van der Waals surface area (Å²) in [6, 6.07) is 7.30. The van der Waals surface area contributed by atoms with Crippen molar-refractivity contribution in [3.05, 3.63) is 71.2 Å². The molecule has 244 valence electrons. The molecule has 1 aliphatic heterocycles. The Morgan fingerprint density at radius 2 is 1.87 bits per heavy atom. The Labute approximate surface area is 259 Å². The lowest BCUT2D eigenvalue weighted by molar-refractivity contribution is -0.137. The molecule has 14 nitrogen and oxygen atoms in total. The zero-order valence-electron chi connectivity index (χ0n) is 24.4. The fraction of sp³-hybridized carbons (Fsp3) is 0.286. The fourth-order valence-electron chi connectivity index (χ4n) is 4.97. The highest BCUT2D eigenvalue weighted by molar-refractivity contribution is 7.50. The number of benzene rings is 2. The number of anilines is 4. The number of halogens is 3. The summed E-state index contributed by atoms with van der Waals surface area (Å²) >= 11 is 0. The molecule has 46 heavy (non-hydrogen) atoms. The van der Waals surface area contributed by atoms with Gasteiger partial charge >= 0.3 is 13.8 Å². The molecule has 0 unspecified atom stereocenters. The van der Waals surface area contributed by atoms with Crippen molar-refractivity contribution in [1.29, 1.82) is 0 Å². The van der Waals surface area contributed by atoms with Crippen molar-refractivity contribution in [2.75, 3.05) is 31.4 Å². The summed E-state index contributed by atoms with van der Waals surface area (Å²) in [5.41, 5.74) is 1.27. The fourth-order valence-corrected chi connectivity index (χ4v) is 5.65. The number of aromatic nitrogens is 4. The van der Waals surface area contributed by atoms with Gasteiger partial charge in [0.25, 0.3) is 5.91 Å². The molecular weight excluding hydrogens is 634 g/mol. The number of fused-ring (bicyclic) bond motifs is 1. The number of hydrogen-bond acceptors (Lipinski definition) is 10. The van der Waals surface area contributed by atoms with Crippen molar-refractivity contribution in [2.45, 2.75) is 31.5 Å². The SMILES string of the molecule is COc1cc(CP(=O)(O)O)ccc1Nc1ncc(C(F)(F)F)c(Nc2ccc(-c3cnn(C[C@H](O)CO)c3)c3c2C(=O)N(C)C3)n1. The van der Waals surface area contributed by atoms with E-state index in [0.29, 0.717) is 22.9 Å². The molecule has 1 atom stereocenters. The van der Waals surface area contributed by atoms with E-state index >= 15 is 0 Å². The summed E-state index contributed by atoms with van der Waals surface area (Å²) < 4.78 is 60.4. The van der Waals surface area contributed by atoms with Gasteiger partial charge in [-0.2, -0.15) is 23.3 Å². The number of carbonyl (C=O) groups excluding carboxylic acids is 1. The molecule has 3 heterocycles. The Bertz CT molecular complexity index is 1830. The summed E-state index contributed by atoms with van der Waals surface area (Å²) in [6.07, 6.45) is -2.69. The van der Waals surface area contributed by atoms with E-state index in [9.17, 15) is 37.4 Å². The van der Waals surface area contributed by atoms with Crippen LogP contribution in [0.3, 0.4) is 0 Å². The average molecular weight is 664 g/mol. The first-order valence-electron chi connectivity index (χ1n) is 13.6. The van der Waals surface area contributed by atoms with E-state index in [2.05, 4.69) is 25.7 Å². The van der Waals surface area contributed by atoms with Crippen molar-refractivity contribution in [2.24, 2.45) is 0 Å². The van der Waals surface area contributed by atoms with E-state index in [1.54, 1.807) is 19.3 Å². The molecule has 6 N–H and O–H groups in total. The van der Waals surface area contributed by atoms with Crippen molar-refractivity contribution < 1.29 is 47.3 Å². The minimum atomic E-state index is -4.86. The summed E-state index contributed by atoms with van der Waals surface area (Å²) in [7, 11) is -1.50. The first-order valence-corrected chi connectivity index (χ1v) is 15.4. The van der Waals surface area contributed by atoms with E-state index < -0.39 is 49.9 Å². The Morgan fingerprint density at radius 1 is 1.13 bits per heavy atom. The number of aliphatic hydroxyl groups is 2. The Hall–Kier alpha value is -4.54. The van der Waals surface area contributed by atoms with Gasteiger partial charge in [-0.1, -0.05) is 12.1 Å². The van der Waals surface area contributed by atoms with Gasteiger partial charge in [-0.15, -0.1) is 0 Å². The molecule has 1 aliphatic rings. The van der Waals surface area contributed by atoms with Crippen LogP contribution in [-0.2, 0) is 30.0 Å². The van der Waals surface area contributed by atoms with Crippen molar-refractivity contribution >= 4 is 36.6 Å². The predicted molar refractivity (Wildman–Crippen MR) is 159 cm³/mol. The third kappa shape index (κ3) is 7.13. The number of aliphatic hydroxyl groups excluding tert-OH is 2. The molecule has 1 amide bonds. The highest BCUT2D eigenvalue weighted by Crippen LogP contribution is 2.42. The highest BCUT2D eigenvalue weighted by atomic mass is 31.2. The summed E-state index contributed by atoms with van der Waals surface area (Å²) in [5, 5.41) is 28.5. The van der Waals surface area contributed by atoms with Gasteiger partial charge in [-0.05, 0) is 34.9 Å². The number of nitrogens with zero attached hydrogens (tertiary/aromatic N) is 5. The molecule has 2 aromatic heterocycles. The topological polar surface area (TPSA) is 195 Å². The maximum atomic E-state index is 14.1. The molecule has 0 bridgehead atoms. The number of nitrogens with one attached hydrogen (secondary N) is 2. The minimum Gasteiger partial charge on any atom is -0.495 e. The molecular formula is C28H29F3N7O7P. The van der Waals surface area contributed by atoms with Crippen LogP contribution in [-0.4, -0.2) is 77.4 Å². The second-order valence-corrected chi connectivity index (χ2v) is 12.2. The van der Waals surface area contributed by atoms with Gasteiger partial charge < -0.3 is 40.3 Å². The van der Waals surface area contributed by atoms with Crippen LogP contribution in [0.25, 0.3) is 11.1 Å². The average Bonchev–Trinajstić information content (AvgIpc) is 3.56. The lowest BCUT2D eigenvalue weighted by Crippen LogP contribution is -2.19. The van der Waals surface area contributed by atoms with Gasteiger partial charge in [0, 0.05) is 31.5 Å². The van der Waals surface area contributed by atoms with Crippen LogP contribution in [0.2, 0.25) is 0 Å². The van der Waals surface area contributed by atoms with Gasteiger partial charge in [0.15, 0.2) is 0 Å². The normalized spacial score (nSPS) is 13.9. The van der Waals surface area contributed by atoms with Crippen LogP contribution >= 0.6 is 7.60 Å². The van der Waals surface area contributed by atoms with Crippen LogP contribution in [0.5, 0.6) is 5.75 Å². The molecule has 0 fully saturated rings. The first kappa shape index (κ1) is 32.8. The minimum absolute atomic E-state index is 0.0326. The van der Waals surface area contributed by atoms with Gasteiger partial charge in [0.2, 0.25) is 5.95 Å². The van der Waals surface area contributed by atoms with E-state index in [-0.39, 0.29) is 47.3 Å². The van der Waals surface area contributed by atoms with Gasteiger partial charge in [0.05, 0.1) is 55.7 Å². The first-order chi connectivity index (χ1) is 21.7. The maximum absolute atomic E-state index is 14.1. The summed E-state index contributed by atoms with van der Waals surface area (Å²) in [6.45, 7) is -0.251. The van der Waals surface area contributed by atoms with Crippen LogP contribution < -0.4 is 15.4 Å². The predicted octanol–water partition coefficient (Wildman–Crippen LogP) is 3.47. The molecule has 0 aliphatic carbocycles. The van der Waals surface area contributed by atoms with Gasteiger partial charge in [0.1, 0.15) is 17.1 Å². The molecule has 0 spiro atoms. The molecule has 4 aromatic rings. The van der Waals surface area contributed by atoms with Crippen molar-refractivity contribution in [1.82, 2.24) is 24.6 Å². The number of ether oxygens (including phenoxy) is 1. The lowest BCUT2D eigenvalue weighted by Gasteiger charge is -2.18. The number of methoxy groups -OCH3 is 1. The van der Waals surface area contributed by atoms with Crippen LogP contribution in [0, 0.1) is 0 Å². The largest absolute Gasteiger partial charge is 0.495 e. The third-order valence-corrected chi connectivity index (χ3v) is 7.85. The van der Waals surface area contributed by atoms with E-state index in [4.69, 9.17) is 9.84 Å². The number of rotatable bonds is 11. The molecule has 18 heteroatoms. The van der Waals surface area contributed by atoms with Gasteiger partial charge in [-0.25, -0.2) is 4.98 Å². The molecule has 0 saturated carbocycles. The smallest absolute Gasteiger partial charge is 0.421 e.